The molecule has 32 nitrogen and oxygen atoms in total. The molecule has 0 saturated carbocycles. The number of ether oxygens (including phenoxy) is 12. The minimum absolute atomic E-state index is 0.342. The van der Waals surface area contributed by atoms with E-state index in [0.717, 1.165) is 0 Å². The average Bonchev–Trinajstić information content (AvgIpc) is 3.37. The van der Waals surface area contributed by atoms with E-state index in [1.807, 2.05) is 0 Å². The summed E-state index contributed by atoms with van der Waals surface area (Å²) in [7, 11) is 0. The van der Waals surface area contributed by atoms with Crippen LogP contribution in [0.5, 0.6) is 0 Å². The summed E-state index contributed by atoms with van der Waals surface area (Å²) < 4.78 is 74.8. The fraction of sp³-hybridized carbons (Fsp3) is 1.00. The summed E-state index contributed by atoms with van der Waals surface area (Å²) >= 11 is 0.465. The highest BCUT2D eigenvalue weighted by Crippen LogP contribution is 2.39. The lowest BCUT2D eigenvalue weighted by Gasteiger charge is -2.51. The summed E-state index contributed by atoms with van der Waals surface area (Å²) in [6.45, 7) is -6.81. The maximum atomic E-state index is 11.7. The van der Waals surface area contributed by atoms with E-state index in [2.05, 4.69) is 0 Å². The molecular weight excluding hydrogens is 1010 g/mol. The first-order valence-corrected chi connectivity index (χ1v) is 23.8. The Hall–Kier alpha value is -0.930. The van der Waals surface area contributed by atoms with Gasteiger partial charge in [0.2, 0.25) is 0 Å². The number of aliphatic hydroxyl groups excluding tert-OH is 19. The summed E-state index contributed by atoms with van der Waals surface area (Å²) in [5, 5.41) is 207. The van der Waals surface area contributed by atoms with E-state index < -0.39 is 237 Å². The largest absolute Gasteiger partial charge is 0.394 e. The molecule has 0 spiro atoms. The normalized spacial score (nSPS) is 52.2. The van der Waals surface area contributed by atoms with Crippen molar-refractivity contribution in [2.24, 2.45) is 0 Å². The third kappa shape index (κ3) is 12.0. The number of hydrogen-bond acceptors (Lipinski definition) is 33. The molecule has 22 rings (SSSR count). The van der Waals surface area contributed by atoms with Crippen LogP contribution in [-0.2, 0) is 61.0 Å². The maximum Gasteiger partial charge on any atom is 0.187 e. The lowest BCUT2D eigenvalue weighted by Crippen LogP contribution is -2.69. The monoisotopic (exact) mass is 1080 g/mol. The van der Waals surface area contributed by atoms with Gasteiger partial charge in [-0.05, 0) is 12.0 Å². The number of rotatable bonds is 11. The van der Waals surface area contributed by atoms with Crippen molar-refractivity contribution in [1.82, 2.24) is 0 Å². The molecular formula is C39H66O32S. The van der Waals surface area contributed by atoms with Crippen molar-refractivity contribution >= 4 is 12.0 Å². The molecule has 22 heterocycles. The van der Waals surface area contributed by atoms with E-state index in [4.69, 9.17) is 61.0 Å². The number of hydrogen-bond donors (Lipinski definition) is 19. The highest BCUT2D eigenvalue weighted by Gasteiger charge is 2.59. The van der Waals surface area contributed by atoms with Crippen molar-refractivity contribution < 1.29 is 158 Å². The van der Waals surface area contributed by atoms with E-state index in [9.17, 15) is 97.0 Å². The van der Waals surface area contributed by atoms with Crippen LogP contribution in [-0.4, -0.2) is 339 Å². The SMILES string of the molecule is OCC(O)CSO[C@@H]1[C@@H](O)[C@H]2O[C@H]3[C@H](O)[C@@H](O)[C@@H](O[C@H]4[C@H](O)[C@@H](O)[C@@H](O[C@H]5[C@H](O)[C@@H](O)[C@@H](O[C@H]6[C@H](O)[C@@H](O)[C@@H](O[C@H]7[C@H](O)[C@@H](O)[C@@H](O[C@H]1[C@@H](CO)O2)O[C@@H]7CO)O[C@@H]6CO)O[C@@H]5CO)O[C@@H]4CO)O[C@@H]3CO. The highest BCUT2D eigenvalue weighted by molar-refractivity contribution is 7.94. The second-order valence-corrected chi connectivity index (χ2v) is 18.8. The predicted octanol–water partition coefficient (Wildman–Crippen LogP) is -13.0. The molecule has 22 saturated heterocycles. The zero-order valence-corrected chi connectivity index (χ0v) is 38.6. The first kappa shape index (κ1) is 58.7. The first-order chi connectivity index (χ1) is 34.4. The first-order valence-electron chi connectivity index (χ1n) is 22.9. The third-order valence-corrected chi connectivity index (χ3v) is 14.2. The Balaban J connectivity index is 1.22. The Morgan fingerprint density at radius 3 is 0.764 bits per heavy atom. The van der Waals surface area contributed by atoms with Crippen LogP contribution in [0.4, 0.5) is 0 Å². The molecule has 33 heteroatoms. The zero-order chi connectivity index (χ0) is 52.5. The second kappa shape index (κ2) is 25.7. The lowest BCUT2D eigenvalue weighted by atomic mass is 9.94. The van der Waals surface area contributed by atoms with Crippen LogP contribution >= 0.6 is 12.0 Å². The molecule has 0 aromatic heterocycles. The Morgan fingerprint density at radius 2 is 0.528 bits per heavy atom. The van der Waals surface area contributed by atoms with Gasteiger partial charge >= 0.3 is 0 Å². The minimum Gasteiger partial charge on any atom is -0.394 e. The second-order valence-electron chi connectivity index (χ2n) is 18.0. The van der Waals surface area contributed by atoms with Gasteiger partial charge in [-0.2, -0.15) is 0 Å². The smallest absolute Gasteiger partial charge is 0.187 e. The molecule has 0 radical (unpaired) electrons. The summed E-state index contributed by atoms with van der Waals surface area (Å²) in [5.74, 6) is -0.342. The van der Waals surface area contributed by atoms with E-state index >= 15 is 0 Å². The van der Waals surface area contributed by atoms with Crippen LogP contribution in [0.2, 0.25) is 0 Å². The minimum atomic E-state index is -2.18. The van der Waals surface area contributed by atoms with Crippen LogP contribution < -0.4 is 0 Å². The van der Waals surface area contributed by atoms with Gasteiger partial charge in [0.1, 0.15) is 146 Å². The quantitative estimate of drug-likeness (QED) is 0.0854. The van der Waals surface area contributed by atoms with Crippen molar-refractivity contribution in [3.05, 3.63) is 0 Å². The summed E-state index contributed by atoms with van der Waals surface area (Å²) in [6.07, 6.45) is -60.0. The molecule has 0 amide bonds. The van der Waals surface area contributed by atoms with Crippen LogP contribution in [0.15, 0.2) is 0 Å². The van der Waals surface area contributed by atoms with Gasteiger partial charge in [-0.3, -0.25) is 0 Å². The van der Waals surface area contributed by atoms with Gasteiger partial charge in [0.15, 0.2) is 37.7 Å². The molecule has 72 heavy (non-hydrogen) atoms. The molecule has 19 N–H and O–H groups in total. The molecule has 1 unspecified atom stereocenters. The predicted molar refractivity (Wildman–Crippen MR) is 220 cm³/mol. The van der Waals surface area contributed by atoms with Gasteiger partial charge in [-0.25, -0.2) is 0 Å². The van der Waals surface area contributed by atoms with Crippen molar-refractivity contribution in [3.63, 3.8) is 0 Å². The summed E-state index contributed by atoms with van der Waals surface area (Å²) in [4.78, 5) is 0. The van der Waals surface area contributed by atoms with Gasteiger partial charge < -0.3 is 158 Å². The van der Waals surface area contributed by atoms with Crippen LogP contribution in [0.3, 0.4) is 0 Å². The number of aliphatic hydroxyl groups is 19. The molecule has 12 bridgehead atoms. The van der Waals surface area contributed by atoms with E-state index in [-0.39, 0.29) is 5.75 Å². The molecule has 0 aliphatic carbocycles. The van der Waals surface area contributed by atoms with Gasteiger partial charge in [-0.1, -0.05) is 0 Å². The summed E-state index contributed by atoms with van der Waals surface area (Å²) in [5.41, 5.74) is 0. The molecule has 22 fully saturated rings. The van der Waals surface area contributed by atoms with E-state index in [1.165, 1.54) is 0 Å². The van der Waals surface area contributed by atoms with Gasteiger partial charge in [-0.15, -0.1) is 0 Å². The van der Waals surface area contributed by atoms with Crippen molar-refractivity contribution in [1.29, 1.82) is 0 Å². The molecule has 22 aliphatic heterocycles. The molecule has 31 atom stereocenters. The van der Waals surface area contributed by atoms with Crippen LogP contribution in [0.25, 0.3) is 0 Å². The van der Waals surface area contributed by atoms with E-state index in [0.29, 0.717) is 12.0 Å². The highest BCUT2D eigenvalue weighted by atomic mass is 32.2. The molecule has 22 aliphatic rings. The maximum absolute atomic E-state index is 11.7. The molecule has 420 valence electrons. The topological polar surface area (TPSA) is 504 Å². The summed E-state index contributed by atoms with van der Waals surface area (Å²) in [6, 6.07) is 0. The van der Waals surface area contributed by atoms with Crippen LogP contribution in [0, 0.1) is 0 Å². The third-order valence-electron chi connectivity index (χ3n) is 13.3. The van der Waals surface area contributed by atoms with Crippen molar-refractivity contribution in [2.75, 3.05) is 52.0 Å². The Kier molecular flexibility index (Phi) is 21.0. The van der Waals surface area contributed by atoms with Gasteiger partial charge in [0.25, 0.3) is 0 Å². The lowest BCUT2D eigenvalue weighted by molar-refractivity contribution is -0.403. The van der Waals surface area contributed by atoms with Crippen molar-refractivity contribution in [3.8, 4) is 0 Å². The molecule has 0 aromatic rings. The Bertz CT molecular complexity index is 1640. The standard InChI is InChI=1S/C39H66O32S/c40-1-9(47)8-72-71-33-26(58)39-64-15(7-46)32(33)70-38-25(57)20(52)30(13(5-44)63-38)68-36-23(55)18(50)28(11(3-42)61-36)66-34-21(53)16(48)27(10(2-41)59-34)65-35-22(54)17(49)29(12(4-43)60-35)67-37-24(56)19(51)31(69-39)14(6-45)62-37/h9-58H,1-8H2/t9?,10-,11-,12-,13-,14-,15-,16-,17-,18-,19-,20-,21-,22-,23-,24-,25-,26-,27-,28-,29-,30-,31-,32+,33-,34-,35-,36-,37-,38-,39-/m1/s1. The zero-order valence-electron chi connectivity index (χ0n) is 37.8. The fourth-order valence-electron chi connectivity index (χ4n) is 9.27. The van der Waals surface area contributed by atoms with Crippen molar-refractivity contribution in [2.45, 2.75) is 190 Å². The van der Waals surface area contributed by atoms with Crippen LogP contribution in [0.1, 0.15) is 0 Å². The van der Waals surface area contributed by atoms with Gasteiger partial charge in [0, 0.05) is 5.75 Å². The van der Waals surface area contributed by atoms with E-state index in [1.54, 1.807) is 0 Å². The average molecular weight is 1080 g/mol. The Morgan fingerprint density at radius 1 is 0.306 bits per heavy atom. The fourth-order valence-corrected chi connectivity index (χ4v) is 9.99. The Labute approximate surface area is 411 Å². The molecule has 0 aromatic carbocycles. The van der Waals surface area contributed by atoms with Gasteiger partial charge in [0.05, 0.1) is 52.4 Å².